The first kappa shape index (κ1) is 51.3. The van der Waals surface area contributed by atoms with Crippen LogP contribution < -0.4 is 14.8 Å². The van der Waals surface area contributed by atoms with Crippen LogP contribution in [0.1, 0.15) is 38.6 Å². The lowest BCUT2D eigenvalue weighted by Gasteiger charge is -2.38. The standard InChI is InChI=1S/C45H68ClN9O11/c1-36(32-54-35-47-34-50-54)66-43-29-37(3-8-41(43)46)38-30-48-45(49-31-38)51-42-33-55(40-6-4-39(5-7-40)53-9-11-57-12-10-53)52-44(42)65-28-27-64-26-25-63-24-23-62-22-21-61-20-19-60-18-17-59-16-15-58-14-13-56-2/h3,8,29-31,33-36,39-40H,4-7,9-28,32H2,1-2H3,(H,48,49,51)/t36-,39-,40-/m0/s1. The van der Waals surface area contributed by atoms with Crippen LogP contribution in [0.15, 0.2) is 49.4 Å². The fraction of sp³-hybridized carbons (Fsp3) is 0.667. The van der Waals surface area contributed by atoms with Gasteiger partial charge in [0.2, 0.25) is 5.95 Å². The van der Waals surface area contributed by atoms with Crippen molar-refractivity contribution in [2.24, 2.45) is 0 Å². The highest BCUT2D eigenvalue weighted by Gasteiger charge is 2.29. The minimum Gasteiger partial charge on any atom is -0.487 e. The van der Waals surface area contributed by atoms with Crippen molar-refractivity contribution in [1.82, 2.24) is 39.4 Å². The van der Waals surface area contributed by atoms with Crippen molar-refractivity contribution in [2.45, 2.75) is 57.3 Å². The third-order valence-corrected chi connectivity index (χ3v) is 11.1. The first-order chi connectivity index (χ1) is 32.6. The van der Waals surface area contributed by atoms with Crippen molar-refractivity contribution in [3.05, 3.63) is 54.5 Å². The Bertz CT molecular complexity index is 1870. The second-order valence-corrected chi connectivity index (χ2v) is 16.1. The Labute approximate surface area is 392 Å². The number of methoxy groups -OCH3 is 1. The van der Waals surface area contributed by atoms with Gasteiger partial charge in [-0.05, 0) is 50.3 Å². The monoisotopic (exact) mass is 945 g/mol. The van der Waals surface area contributed by atoms with E-state index >= 15 is 0 Å². The zero-order valence-electron chi connectivity index (χ0n) is 38.5. The number of nitrogens with zero attached hydrogens (tertiary/aromatic N) is 8. The molecule has 366 valence electrons. The second-order valence-electron chi connectivity index (χ2n) is 15.7. The van der Waals surface area contributed by atoms with E-state index in [2.05, 4.69) is 30.3 Å². The van der Waals surface area contributed by atoms with Gasteiger partial charge in [-0.3, -0.25) is 9.58 Å². The molecule has 1 N–H and O–H groups in total. The molecule has 1 aliphatic carbocycles. The van der Waals surface area contributed by atoms with E-state index in [1.54, 1.807) is 30.5 Å². The predicted octanol–water partition coefficient (Wildman–Crippen LogP) is 4.75. The molecule has 0 unspecified atom stereocenters. The molecule has 21 heteroatoms. The summed E-state index contributed by atoms with van der Waals surface area (Å²) in [5.41, 5.74) is 2.36. The maximum atomic E-state index is 6.51. The summed E-state index contributed by atoms with van der Waals surface area (Å²) >= 11 is 6.51. The zero-order valence-corrected chi connectivity index (χ0v) is 39.2. The topological polar surface area (TPSA) is 191 Å². The number of benzene rings is 1. The van der Waals surface area contributed by atoms with Crippen LogP contribution in [0.25, 0.3) is 11.1 Å². The fourth-order valence-electron chi connectivity index (χ4n) is 7.43. The maximum absolute atomic E-state index is 6.51. The summed E-state index contributed by atoms with van der Waals surface area (Å²) < 4.78 is 65.5. The molecule has 3 aromatic heterocycles. The van der Waals surface area contributed by atoms with Crippen LogP contribution in [-0.4, -0.2) is 191 Å². The third-order valence-electron chi connectivity index (χ3n) is 10.8. The van der Waals surface area contributed by atoms with E-state index < -0.39 is 0 Å². The number of nitrogens with one attached hydrogen (secondary N) is 1. The van der Waals surface area contributed by atoms with E-state index in [0.717, 1.165) is 63.1 Å². The fourth-order valence-corrected chi connectivity index (χ4v) is 7.59. The van der Waals surface area contributed by atoms with E-state index in [4.69, 9.17) is 68.8 Å². The van der Waals surface area contributed by atoms with Crippen molar-refractivity contribution in [2.75, 3.05) is 144 Å². The lowest BCUT2D eigenvalue weighted by Crippen LogP contribution is -2.45. The molecule has 1 atom stereocenters. The predicted molar refractivity (Wildman–Crippen MR) is 245 cm³/mol. The molecule has 0 radical (unpaired) electrons. The van der Waals surface area contributed by atoms with Crippen LogP contribution in [0.3, 0.4) is 0 Å². The molecule has 1 saturated heterocycles. The Balaban J connectivity index is 0.884. The molecule has 0 spiro atoms. The molecule has 0 amide bonds. The highest BCUT2D eigenvalue weighted by atomic mass is 35.5. The van der Waals surface area contributed by atoms with Crippen LogP contribution in [0.2, 0.25) is 5.02 Å². The zero-order chi connectivity index (χ0) is 45.9. The van der Waals surface area contributed by atoms with Gasteiger partial charge in [-0.1, -0.05) is 17.7 Å². The Hall–Kier alpha value is -4.06. The number of halogens is 1. The highest BCUT2D eigenvalue weighted by molar-refractivity contribution is 6.32. The van der Waals surface area contributed by atoms with Gasteiger partial charge in [-0.25, -0.2) is 19.6 Å². The number of hydrogen-bond acceptors (Lipinski definition) is 18. The highest BCUT2D eigenvalue weighted by Crippen LogP contribution is 2.35. The molecule has 4 heterocycles. The van der Waals surface area contributed by atoms with E-state index in [9.17, 15) is 0 Å². The molecule has 20 nitrogen and oxygen atoms in total. The number of morpholine rings is 1. The van der Waals surface area contributed by atoms with Gasteiger partial charge < -0.3 is 57.4 Å². The van der Waals surface area contributed by atoms with Crippen molar-refractivity contribution in [3.8, 4) is 22.8 Å². The molecule has 6 rings (SSSR count). The lowest BCUT2D eigenvalue weighted by molar-refractivity contribution is -0.0227. The Morgan fingerprint density at radius 3 is 1.85 bits per heavy atom. The van der Waals surface area contributed by atoms with Crippen LogP contribution in [0.5, 0.6) is 11.6 Å². The molecule has 2 fully saturated rings. The minimum atomic E-state index is -0.188. The Morgan fingerprint density at radius 1 is 0.727 bits per heavy atom. The van der Waals surface area contributed by atoms with Crippen molar-refractivity contribution in [3.63, 3.8) is 0 Å². The van der Waals surface area contributed by atoms with Crippen molar-refractivity contribution < 1.29 is 52.1 Å². The SMILES string of the molecule is COCCOCCOCCOCCOCCOCCOCCOCCOc1nn([C@H]2CC[C@H](N3CCOCC3)CC2)cc1Nc1ncc(-c2ccc(Cl)c(O[C@@H](C)Cn3cncn3)c2)cn1. The van der Waals surface area contributed by atoms with Crippen molar-refractivity contribution in [1.29, 1.82) is 0 Å². The maximum Gasteiger partial charge on any atom is 0.257 e. The van der Waals surface area contributed by atoms with Crippen LogP contribution in [0, 0.1) is 0 Å². The van der Waals surface area contributed by atoms with Crippen molar-refractivity contribution >= 4 is 23.2 Å². The molecule has 1 aliphatic heterocycles. The van der Waals surface area contributed by atoms with E-state index in [-0.39, 0.29) is 12.1 Å². The van der Waals surface area contributed by atoms with Gasteiger partial charge in [0.1, 0.15) is 36.8 Å². The normalized spacial score (nSPS) is 17.3. The van der Waals surface area contributed by atoms with Crippen LogP contribution in [-0.2, 0) is 49.2 Å². The average Bonchev–Trinajstić information content (AvgIpc) is 4.01. The minimum absolute atomic E-state index is 0.188. The van der Waals surface area contributed by atoms with Gasteiger partial charge in [-0.15, -0.1) is 5.10 Å². The number of ether oxygens (including phenoxy) is 11. The van der Waals surface area contributed by atoms with Gasteiger partial charge >= 0.3 is 0 Å². The summed E-state index contributed by atoms with van der Waals surface area (Å²) in [6, 6.07) is 6.45. The van der Waals surface area contributed by atoms with Gasteiger partial charge in [0, 0.05) is 44.2 Å². The number of anilines is 2. The van der Waals surface area contributed by atoms with E-state index in [0.29, 0.717) is 147 Å². The molecule has 4 aromatic rings. The third kappa shape index (κ3) is 18.6. The molecule has 2 aliphatic rings. The summed E-state index contributed by atoms with van der Waals surface area (Å²) in [6.07, 6.45) is 12.8. The van der Waals surface area contributed by atoms with Gasteiger partial charge in [0.25, 0.3) is 5.88 Å². The summed E-state index contributed by atoms with van der Waals surface area (Å²) in [4.78, 5) is 15.9. The van der Waals surface area contributed by atoms with Gasteiger partial charge in [-0.2, -0.15) is 5.10 Å². The summed E-state index contributed by atoms with van der Waals surface area (Å²) in [5, 5.41) is 12.9. The van der Waals surface area contributed by atoms with Crippen LogP contribution >= 0.6 is 11.6 Å². The average molecular weight is 947 g/mol. The quantitative estimate of drug-likeness (QED) is 0.0631. The second kappa shape index (κ2) is 30.3. The lowest BCUT2D eigenvalue weighted by atomic mass is 9.90. The smallest absolute Gasteiger partial charge is 0.257 e. The number of hydrogen-bond donors (Lipinski definition) is 1. The van der Waals surface area contributed by atoms with E-state index in [1.165, 1.54) is 6.33 Å². The molecule has 0 bridgehead atoms. The van der Waals surface area contributed by atoms with E-state index in [1.807, 2.05) is 36.0 Å². The molecule has 66 heavy (non-hydrogen) atoms. The summed E-state index contributed by atoms with van der Waals surface area (Å²) in [6.45, 7) is 13.8. The number of rotatable bonds is 34. The summed E-state index contributed by atoms with van der Waals surface area (Å²) in [7, 11) is 1.65. The first-order valence-corrected chi connectivity index (χ1v) is 23.4. The first-order valence-electron chi connectivity index (χ1n) is 23.0. The largest absolute Gasteiger partial charge is 0.487 e. The Morgan fingerprint density at radius 2 is 1.29 bits per heavy atom. The Kier molecular flexibility index (Phi) is 23.6. The molecular weight excluding hydrogens is 878 g/mol. The summed E-state index contributed by atoms with van der Waals surface area (Å²) in [5.74, 6) is 1.44. The van der Waals surface area contributed by atoms with Gasteiger partial charge in [0.15, 0.2) is 0 Å². The molecular formula is C45H68ClN9O11. The molecule has 1 aromatic carbocycles. The van der Waals surface area contributed by atoms with Crippen LogP contribution in [0.4, 0.5) is 11.6 Å². The van der Waals surface area contributed by atoms with Gasteiger partial charge in [0.05, 0.1) is 136 Å². The molecule has 1 saturated carbocycles. The number of aromatic nitrogens is 7.